The molecule has 3 aromatic rings. The fourth-order valence-electron chi connectivity index (χ4n) is 2.09. The van der Waals surface area contributed by atoms with E-state index < -0.39 is 0 Å². The predicted octanol–water partition coefficient (Wildman–Crippen LogP) is 4.07. The number of nitrogen functional groups attached to an aromatic ring is 1. The molecule has 1 heterocycles. The van der Waals surface area contributed by atoms with Crippen LogP contribution in [0.25, 0.3) is 10.9 Å². The first-order valence-electron chi connectivity index (χ1n) is 6.31. The van der Waals surface area contributed by atoms with Crippen molar-refractivity contribution in [3.05, 3.63) is 64.8 Å². The number of rotatable bonds is 3. The van der Waals surface area contributed by atoms with Crippen LogP contribution >= 0.6 is 15.9 Å². The van der Waals surface area contributed by atoms with Gasteiger partial charge in [-0.1, -0.05) is 12.1 Å². The lowest BCUT2D eigenvalue weighted by Gasteiger charge is -2.12. The van der Waals surface area contributed by atoms with E-state index in [-0.39, 0.29) is 5.84 Å². The highest BCUT2D eigenvalue weighted by molar-refractivity contribution is 9.10. The normalized spacial score (nSPS) is 10.5. The van der Waals surface area contributed by atoms with Gasteiger partial charge in [-0.2, -0.15) is 0 Å². The van der Waals surface area contributed by atoms with Crippen molar-refractivity contribution in [2.75, 3.05) is 0 Å². The summed E-state index contributed by atoms with van der Waals surface area (Å²) < 4.78 is 6.60. The molecule has 4 nitrogen and oxygen atoms in total. The van der Waals surface area contributed by atoms with Crippen molar-refractivity contribution in [2.24, 2.45) is 5.73 Å². The minimum Gasteiger partial charge on any atom is -0.456 e. The van der Waals surface area contributed by atoms with Gasteiger partial charge in [-0.05, 0) is 46.3 Å². The van der Waals surface area contributed by atoms with Gasteiger partial charge in [0.1, 0.15) is 17.3 Å². The molecule has 3 N–H and O–H groups in total. The van der Waals surface area contributed by atoms with Gasteiger partial charge >= 0.3 is 0 Å². The second-order valence-corrected chi connectivity index (χ2v) is 5.34. The Morgan fingerprint density at radius 1 is 1.14 bits per heavy atom. The number of benzene rings is 2. The fourth-order valence-corrected chi connectivity index (χ4v) is 2.65. The molecule has 0 saturated carbocycles. The van der Waals surface area contributed by atoms with Crippen LogP contribution in [0.5, 0.6) is 11.5 Å². The maximum Gasteiger partial charge on any atom is 0.139 e. The molecule has 2 aromatic carbocycles. The zero-order chi connectivity index (χ0) is 14.8. The van der Waals surface area contributed by atoms with Gasteiger partial charge in [0.25, 0.3) is 0 Å². The Labute approximate surface area is 130 Å². The van der Waals surface area contributed by atoms with Crippen molar-refractivity contribution >= 4 is 32.7 Å². The molecule has 104 valence electrons. The van der Waals surface area contributed by atoms with Crippen LogP contribution in [0.15, 0.2) is 59.2 Å². The van der Waals surface area contributed by atoms with Crippen molar-refractivity contribution in [1.29, 1.82) is 5.41 Å². The molecule has 0 unspecified atom stereocenters. The van der Waals surface area contributed by atoms with Crippen LogP contribution in [0.1, 0.15) is 5.56 Å². The van der Waals surface area contributed by atoms with E-state index in [1.807, 2.05) is 42.5 Å². The van der Waals surface area contributed by atoms with E-state index in [9.17, 15) is 0 Å². The van der Waals surface area contributed by atoms with Gasteiger partial charge < -0.3 is 10.5 Å². The van der Waals surface area contributed by atoms with Gasteiger partial charge in [-0.25, -0.2) is 0 Å². The second kappa shape index (κ2) is 5.54. The van der Waals surface area contributed by atoms with E-state index >= 15 is 0 Å². The summed E-state index contributed by atoms with van der Waals surface area (Å²) in [6.45, 7) is 0. The highest BCUT2D eigenvalue weighted by Gasteiger charge is 2.11. The molecular formula is C16H12BrN3O. The molecule has 0 aliphatic carbocycles. The molecule has 1 aromatic heterocycles. The number of hydrogen-bond donors (Lipinski definition) is 2. The molecule has 0 atom stereocenters. The van der Waals surface area contributed by atoms with E-state index in [1.165, 1.54) is 0 Å². The summed E-state index contributed by atoms with van der Waals surface area (Å²) in [4.78, 5) is 4.30. The number of ether oxygens (including phenoxy) is 1. The zero-order valence-electron chi connectivity index (χ0n) is 11.0. The van der Waals surface area contributed by atoms with Crippen LogP contribution in [0.3, 0.4) is 0 Å². The minimum atomic E-state index is -0.0450. The Balaban J connectivity index is 2.02. The Kier molecular flexibility index (Phi) is 3.58. The number of nitrogens with zero attached hydrogens (tertiary/aromatic N) is 1. The SMILES string of the molecule is N=C(N)c1c(Br)cccc1Oc1ccc2cccnc2c1. The van der Waals surface area contributed by atoms with E-state index in [1.54, 1.807) is 12.3 Å². The summed E-state index contributed by atoms with van der Waals surface area (Å²) in [6, 6.07) is 15.0. The summed E-state index contributed by atoms with van der Waals surface area (Å²) in [6.07, 6.45) is 1.74. The molecule has 0 aliphatic heterocycles. The number of amidine groups is 1. The molecule has 5 heteroatoms. The number of hydrogen-bond acceptors (Lipinski definition) is 3. The Morgan fingerprint density at radius 3 is 2.81 bits per heavy atom. The first-order chi connectivity index (χ1) is 10.1. The largest absolute Gasteiger partial charge is 0.456 e. The van der Waals surface area contributed by atoms with Crippen molar-refractivity contribution in [3.8, 4) is 11.5 Å². The van der Waals surface area contributed by atoms with Crippen LogP contribution in [-0.2, 0) is 0 Å². The minimum absolute atomic E-state index is 0.0450. The number of pyridine rings is 1. The van der Waals surface area contributed by atoms with Crippen LogP contribution in [-0.4, -0.2) is 10.8 Å². The quantitative estimate of drug-likeness (QED) is 0.557. The lowest BCUT2D eigenvalue weighted by atomic mass is 10.2. The number of nitrogens with two attached hydrogens (primary N) is 1. The molecule has 0 saturated heterocycles. The smallest absolute Gasteiger partial charge is 0.139 e. The Hall–Kier alpha value is -2.40. The molecule has 0 aliphatic rings. The first-order valence-corrected chi connectivity index (χ1v) is 7.10. The summed E-state index contributed by atoms with van der Waals surface area (Å²) in [5, 5.41) is 8.72. The second-order valence-electron chi connectivity index (χ2n) is 4.49. The Morgan fingerprint density at radius 2 is 2.00 bits per heavy atom. The standard InChI is InChI=1S/C16H12BrN3O/c17-12-4-1-5-14(15(12)16(18)19)21-11-7-6-10-3-2-8-20-13(10)9-11/h1-9H,(H3,18,19). The van der Waals surface area contributed by atoms with Crippen molar-refractivity contribution in [1.82, 2.24) is 4.98 Å². The third-order valence-electron chi connectivity index (χ3n) is 3.05. The summed E-state index contributed by atoms with van der Waals surface area (Å²) in [5.74, 6) is 1.14. The average Bonchev–Trinajstić information content (AvgIpc) is 2.47. The molecule has 0 fully saturated rings. The van der Waals surface area contributed by atoms with E-state index in [2.05, 4.69) is 20.9 Å². The lowest BCUT2D eigenvalue weighted by molar-refractivity contribution is 0.482. The van der Waals surface area contributed by atoms with E-state index in [0.717, 1.165) is 15.4 Å². The van der Waals surface area contributed by atoms with Crippen molar-refractivity contribution in [2.45, 2.75) is 0 Å². The Bertz CT molecular complexity index is 833. The fraction of sp³-hybridized carbons (Fsp3) is 0. The van der Waals surface area contributed by atoms with Gasteiger partial charge in [-0.3, -0.25) is 10.4 Å². The van der Waals surface area contributed by atoms with Gasteiger partial charge in [0.15, 0.2) is 0 Å². The van der Waals surface area contributed by atoms with Crippen LogP contribution < -0.4 is 10.5 Å². The van der Waals surface area contributed by atoms with E-state index in [4.69, 9.17) is 15.9 Å². The highest BCUT2D eigenvalue weighted by atomic mass is 79.9. The molecule has 3 rings (SSSR count). The lowest BCUT2D eigenvalue weighted by Crippen LogP contribution is -2.13. The van der Waals surface area contributed by atoms with Gasteiger partial charge in [0.05, 0.1) is 11.1 Å². The topological polar surface area (TPSA) is 72.0 Å². The molecular weight excluding hydrogens is 330 g/mol. The number of halogens is 1. The van der Waals surface area contributed by atoms with Crippen LogP contribution in [0, 0.1) is 5.41 Å². The molecule has 0 radical (unpaired) electrons. The van der Waals surface area contributed by atoms with Crippen molar-refractivity contribution < 1.29 is 4.74 Å². The zero-order valence-corrected chi connectivity index (χ0v) is 12.6. The summed E-state index contributed by atoms with van der Waals surface area (Å²) >= 11 is 3.39. The van der Waals surface area contributed by atoms with Gasteiger partial charge in [0.2, 0.25) is 0 Å². The molecule has 0 amide bonds. The maximum absolute atomic E-state index is 7.67. The van der Waals surface area contributed by atoms with Crippen LogP contribution in [0.4, 0.5) is 0 Å². The first kappa shape index (κ1) is 13.6. The van der Waals surface area contributed by atoms with Crippen molar-refractivity contribution in [3.63, 3.8) is 0 Å². The predicted molar refractivity (Wildman–Crippen MR) is 87.0 cm³/mol. The average molecular weight is 342 g/mol. The van der Waals surface area contributed by atoms with E-state index in [0.29, 0.717) is 17.1 Å². The van der Waals surface area contributed by atoms with Gasteiger partial charge in [0, 0.05) is 22.1 Å². The third kappa shape index (κ3) is 2.73. The molecule has 21 heavy (non-hydrogen) atoms. The highest BCUT2D eigenvalue weighted by Crippen LogP contribution is 2.31. The number of aromatic nitrogens is 1. The third-order valence-corrected chi connectivity index (χ3v) is 3.71. The monoisotopic (exact) mass is 341 g/mol. The molecule has 0 bridgehead atoms. The number of fused-ring (bicyclic) bond motifs is 1. The van der Waals surface area contributed by atoms with Crippen LogP contribution in [0.2, 0.25) is 0 Å². The maximum atomic E-state index is 7.67. The summed E-state index contributed by atoms with van der Waals surface area (Å²) in [5.41, 5.74) is 7.02. The number of nitrogens with one attached hydrogen (secondary N) is 1. The summed E-state index contributed by atoms with van der Waals surface area (Å²) in [7, 11) is 0. The molecule has 0 spiro atoms. The van der Waals surface area contributed by atoms with Gasteiger partial charge in [-0.15, -0.1) is 0 Å².